The van der Waals surface area contributed by atoms with E-state index in [4.69, 9.17) is 9.84 Å². The third-order valence-electron chi connectivity index (χ3n) is 2.47. The third kappa shape index (κ3) is 2.03. The van der Waals surface area contributed by atoms with Crippen molar-refractivity contribution in [3.8, 4) is 0 Å². The summed E-state index contributed by atoms with van der Waals surface area (Å²) in [5.74, 6) is -2.00. The second-order valence-electron chi connectivity index (χ2n) is 3.55. The number of amides is 1. The molecule has 2 unspecified atom stereocenters. The van der Waals surface area contributed by atoms with Gasteiger partial charge in [0.1, 0.15) is 5.92 Å². The van der Waals surface area contributed by atoms with Crippen LogP contribution in [0.2, 0.25) is 0 Å². The molecule has 1 aliphatic heterocycles. The molecule has 3 N–H and O–H groups in total. The fourth-order valence-electron chi connectivity index (χ4n) is 1.57. The summed E-state index contributed by atoms with van der Waals surface area (Å²) in [6.07, 6.45) is 2.82. The Bertz CT molecular complexity index is 389. The zero-order chi connectivity index (χ0) is 11.5. The summed E-state index contributed by atoms with van der Waals surface area (Å²) in [5.41, 5.74) is 0.371. The highest BCUT2D eigenvalue weighted by molar-refractivity contribution is 5.94. The molecule has 0 aliphatic carbocycles. The Morgan fingerprint density at radius 2 is 2.38 bits per heavy atom. The normalized spacial score (nSPS) is 24.2. The van der Waals surface area contributed by atoms with E-state index in [0.29, 0.717) is 5.56 Å². The standard InChI is InChI=1S/C9H11N3O4/c13-8(5-1-10-11-2-5)12-7-4-16-3-6(7)9(14)15/h1-2,6-7H,3-4H2,(H,10,11)(H,12,13)(H,14,15). The second-order valence-corrected chi connectivity index (χ2v) is 3.55. The van der Waals surface area contributed by atoms with Gasteiger partial charge in [-0.3, -0.25) is 14.7 Å². The van der Waals surface area contributed by atoms with E-state index < -0.39 is 17.9 Å². The zero-order valence-corrected chi connectivity index (χ0v) is 8.34. The van der Waals surface area contributed by atoms with Gasteiger partial charge >= 0.3 is 5.97 Å². The van der Waals surface area contributed by atoms with Crippen LogP contribution in [0.15, 0.2) is 12.4 Å². The van der Waals surface area contributed by atoms with Crippen molar-refractivity contribution in [2.24, 2.45) is 5.92 Å². The fourth-order valence-corrected chi connectivity index (χ4v) is 1.57. The highest BCUT2D eigenvalue weighted by Crippen LogP contribution is 2.14. The van der Waals surface area contributed by atoms with Gasteiger partial charge in [-0.15, -0.1) is 0 Å². The van der Waals surface area contributed by atoms with Gasteiger partial charge in [0, 0.05) is 6.20 Å². The Hall–Kier alpha value is -1.89. The zero-order valence-electron chi connectivity index (χ0n) is 8.34. The van der Waals surface area contributed by atoms with Crippen molar-refractivity contribution in [3.05, 3.63) is 18.0 Å². The minimum atomic E-state index is -0.963. The lowest BCUT2D eigenvalue weighted by Gasteiger charge is -2.14. The molecule has 86 valence electrons. The first-order valence-electron chi connectivity index (χ1n) is 4.78. The number of ether oxygens (including phenoxy) is 1. The fraction of sp³-hybridized carbons (Fsp3) is 0.444. The summed E-state index contributed by atoms with van der Waals surface area (Å²) in [4.78, 5) is 22.4. The molecule has 1 amide bonds. The predicted molar refractivity (Wildman–Crippen MR) is 51.8 cm³/mol. The molecule has 0 spiro atoms. The van der Waals surface area contributed by atoms with Crippen LogP contribution in [0, 0.1) is 5.92 Å². The molecule has 2 atom stereocenters. The van der Waals surface area contributed by atoms with Crippen LogP contribution in [0.4, 0.5) is 0 Å². The largest absolute Gasteiger partial charge is 0.481 e. The van der Waals surface area contributed by atoms with E-state index in [0.717, 1.165) is 0 Å². The summed E-state index contributed by atoms with van der Waals surface area (Å²) in [7, 11) is 0. The number of aromatic nitrogens is 2. The molecule has 0 aromatic carbocycles. The van der Waals surface area contributed by atoms with Crippen LogP contribution in [-0.4, -0.2) is 46.4 Å². The maximum atomic E-state index is 11.6. The van der Waals surface area contributed by atoms with E-state index in [9.17, 15) is 9.59 Å². The van der Waals surface area contributed by atoms with Crippen LogP contribution < -0.4 is 5.32 Å². The first-order valence-corrected chi connectivity index (χ1v) is 4.78. The van der Waals surface area contributed by atoms with Crippen LogP contribution in [0.5, 0.6) is 0 Å². The summed E-state index contributed by atoms with van der Waals surface area (Å²) < 4.78 is 5.03. The first-order chi connectivity index (χ1) is 7.68. The number of carboxylic acids is 1. The number of nitrogens with zero attached hydrogens (tertiary/aromatic N) is 1. The summed E-state index contributed by atoms with van der Waals surface area (Å²) >= 11 is 0. The van der Waals surface area contributed by atoms with Gasteiger partial charge in [-0.25, -0.2) is 0 Å². The predicted octanol–water partition coefficient (Wildman–Crippen LogP) is -0.761. The Kier molecular flexibility index (Phi) is 2.86. The Labute approximate surface area is 90.8 Å². The highest BCUT2D eigenvalue weighted by atomic mass is 16.5. The first kappa shape index (κ1) is 10.6. The van der Waals surface area contributed by atoms with Crippen LogP contribution in [0.3, 0.4) is 0 Å². The van der Waals surface area contributed by atoms with Gasteiger partial charge in [0.2, 0.25) is 0 Å². The monoisotopic (exact) mass is 225 g/mol. The van der Waals surface area contributed by atoms with E-state index in [-0.39, 0.29) is 19.1 Å². The minimum Gasteiger partial charge on any atom is -0.481 e. The van der Waals surface area contributed by atoms with E-state index >= 15 is 0 Å². The molecular weight excluding hydrogens is 214 g/mol. The summed E-state index contributed by atoms with van der Waals surface area (Å²) in [6, 6.07) is -0.486. The number of hydrogen-bond acceptors (Lipinski definition) is 4. The Morgan fingerprint density at radius 1 is 1.56 bits per heavy atom. The molecule has 2 heterocycles. The summed E-state index contributed by atoms with van der Waals surface area (Å²) in [5, 5.41) is 17.6. The van der Waals surface area contributed by atoms with Gasteiger partial charge < -0.3 is 15.2 Å². The Morgan fingerprint density at radius 3 is 3.00 bits per heavy atom. The molecule has 1 aromatic rings. The quantitative estimate of drug-likeness (QED) is 0.627. The molecular formula is C9H11N3O4. The maximum absolute atomic E-state index is 11.6. The van der Waals surface area contributed by atoms with Crippen molar-refractivity contribution in [3.63, 3.8) is 0 Å². The third-order valence-corrected chi connectivity index (χ3v) is 2.47. The average Bonchev–Trinajstić information content (AvgIpc) is 2.86. The van der Waals surface area contributed by atoms with Gasteiger partial charge in [-0.1, -0.05) is 0 Å². The molecule has 16 heavy (non-hydrogen) atoms. The lowest BCUT2D eigenvalue weighted by molar-refractivity contribution is -0.142. The average molecular weight is 225 g/mol. The molecule has 1 fully saturated rings. The van der Waals surface area contributed by atoms with Gasteiger partial charge in [0.05, 0.1) is 31.0 Å². The van der Waals surface area contributed by atoms with Crippen LogP contribution in [0.1, 0.15) is 10.4 Å². The topological polar surface area (TPSA) is 104 Å². The van der Waals surface area contributed by atoms with Crippen molar-refractivity contribution < 1.29 is 19.4 Å². The number of H-pyrrole nitrogens is 1. The number of nitrogens with one attached hydrogen (secondary N) is 2. The van der Waals surface area contributed by atoms with Crippen molar-refractivity contribution >= 4 is 11.9 Å². The minimum absolute atomic E-state index is 0.131. The van der Waals surface area contributed by atoms with E-state index in [1.54, 1.807) is 0 Å². The maximum Gasteiger partial charge on any atom is 0.311 e. The van der Waals surface area contributed by atoms with Crippen molar-refractivity contribution in [2.75, 3.05) is 13.2 Å². The second kappa shape index (κ2) is 4.31. The van der Waals surface area contributed by atoms with Gasteiger partial charge in [0.25, 0.3) is 5.91 Å². The van der Waals surface area contributed by atoms with Gasteiger partial charge in [0.15, 0.2) is 0 Å². The number of carbonyl (C=O) groups excluding carboxylic acids is 1. The lowest BCUT2D eigenvalue weighted by Crippen LogP contribution is -2.42. The van der Waals surface area contributed by atoms with Crippen LogP contribution in [0.25, 0.3) is 0 Å². The number of rotatable bonds is 3. The number of carboxylic acid groups (broad SMARTS) is 1. The van der Waals surface area contributed by atoms with E-state index in [1.165, 1.54) is 12.4 Å². The molecule has 1 aliphatic rings. The summed E-state index contributed by atoms with van der Waals surface area (Å²) in [6.45, 7) is 0.353. The molecule has 7 heteroatoms. The van der Waals surface area contributed by atoms with Crippen molar-refractivity contribution in [2.45, 2.75) is 6.04 Å². The lowest BCUT2D eigenvalue weighted by atomic mass is 10.0. The molecule has 1 aromatic heterocycles. The molecule has 0 bridgehead atoms. The smallest absolute Gasteiger partial charge is 0.311 e. The Balaban J connectivity index is 1.99. The van der Waals surface area contributed by atoms with Crippen LogP contribution in [-0.2, 0) is 9.53 Å². The number of aliphatic carboxylic acids is 1. The molecule has 0 radical (unpaired) electrons. The van der Waals surface area contributed by atoms with Crippen molar-refractivity contribution in [1.29, 1.82) is 0 Å². The van der Waals surface area contributed by atoms with Gasteiger partial charge in [-0.2, -0.15) is 5.10 Å². The highest BCUT2D eigenvalue weighted by Gasteiger charge is 2.35. The van der Waals surface area contributed by atoms with E-state index in [1.807, 2.05) is 0 Å². The van der Waals surface area contributed by atoms with E-state index in [2.05, 4.69) is 15.5 Å². The number of carbonyl (C=O) groups is 2. The number of hydrogen-bond donors (Lipinski definition) is 3. The van der Waals surface area contributed by atoms with Gasteiger partial charge in [-0.05, 0) is 0 Å². The molecule has 0 saturated carbocycles. The van der Waals surface area contributed by atoms with Crippen LogP contribution >= 0.6 is 0 Å². The number of aromatic amines is 1. The SMILES string of the molecule is O=C(NC1COCC1C(=O)O)c1cn[nH]c1. The molecule has 1 saturated heterocycles. The van der Waals surface area contributed by atoms with Crippen molar-refractivity contribution in [1.82, 2.24) is 15.5 Å². The molecule has 7 nitrogen and oxygen atoms in total. The molecule has 2 rings (SSSR count).